The van der Waals surface area contributed by atoms with Crippen LogP contribution in [-0.4, -0.2) is 40.4 Å². The van der Waals surface area contributed by atoms with Gasteiger partial charge in [0.05, 0.1) is 12.0 Å². The lowest BCUT2D eigenvalue weighted by Gasteiger charge is -2.25. The van der Waals surface area contributed by atoms with E-state index in [1.807, 2.05) is 46.0 Å². The molecule has 1 aliphatic rings. The third kappa shape index (κ3) is 2.78. The highest BCUT2D eigenvalue weighted by molar-refractivity contribution is 7.20. The predicted molar refractivity (Wildman–Crippen MR) is 94.8 cm³/mol. The van der Waals surface area contributed by atoms with Gasteiger partial charge in [-0.2, -0.15) is 0 Å². The molecule has 0 N–H and O–H groups in total. The fourth-order valence-corrected chi connectivity index (χ4v) is 4.02. The van der Waals surface area contributed by atoms with Gasteiger partial charge in [0, 0.05) is 25.5 Å². The molecule has 1 amide bonds. The van der Waals surface area contributed by atoms with Crippen molar-refractivity contribution in [1.29, 1.82) is 0 Å². The smallest absolute Gasteiger partial charge is 0.274 e. The van der Waals surface area contributed by atoms with Gasteiger partial charge in [-0.25, -0.2) is 4.98 Å². The first-order chi connectivity index (χ1) is 11.7. The summed E-state index contributed by atoms with van der Waals surface area (Å²) in [6, 6.07) is 7.96. The topological polar surface area (TPSA) is 46.8 Å². The van der Waals surface area contributed by atoms with Crippen LogP contribution in [0.2, 0.25) is 0 Å². The van der Waals surface area contributed by atoms with Crippen LogP contribution in [0.3, 0.4) is 0 Å². The normalized spacial score (nSPS) is 15.0. The standard InChI is InChI=1S/C18H19N3O2S/c1-23-14-7-5-13(6-8-14)16-12-21-11-15(19-18(21)24-16)17(22)20-9-3-2-4-10-20/h5-8,11-12H,2-4,9-10H2,1H3. The number of aromatic nitrogens is 2. The van der Waals surface area contributed by atoms with Crippen molar-refractivity contribution in [3.63, 3.8) is 0 Å². The van der Waals surface area contributed by atoms with E-state index in [1.165, 1.54) is 6.42 Å². The summed E-state index contributed by atoms with van der Waals surface area (Å²) in [6.45, 7) is 1.70. The summed E-state index contributed by atoms with van der Waals surface area (Å²) in [5, 5.41) is 0. The molecule has 3 heterocycles. The number of piperidine rings is 1. The molecule has 1 fully saturated rings. The highest BCUT2D eigenvalue weighted by Gasteiger charge is 2.21. The van der Waals surface area contributed by atoms with Crippen molar-refractivity contribution in [3.05, 3.63) is 42.4 Å². The van der Waals surface area contributed by atoms with Crippen LogP contribution in [0.1, 0.15) is 29.8 Å². The maximum atomic E-state index is 12.5. The minimum absolute atomic E-state index is 0.0524. The van der Waals surface area contributed by atoms with Crippen LogP contribution in [0.15, 0.2) is 36.7 Å². The molecule has 3 aromatic rings. The minimum Gasteiger partial charge on any atom is -0.497 e. The number of methoxy groups -OCH3 is 1. The first-order valence-corrected chi connectivity index (χ1v) is 8.98. The molecule has 24 heavy (non-hydrogen) atoms. The Labute approximate surface area is 144 Å². The van der Waals surface area contributed by atoms with Crippen molar-refractivity contribution in [2.75, 3.05) is 20.2 Å². The number of likely N-dealkylation sites (tertiary alicyclic amines) is 1. The van der Waals surface area contributed by atoms with Crippen molar-refractivity contribution in [2.24, 2.45) is 0 Å². The Hall–Kier alpha value is -2.34. The van der Waals surface area contributed by atoms with E-state index in [9.17, 15) is 4.79 Å². The molecular formula is C18H19N3O2S. The van der Waals surface area contributed by atoms with Crippen LogP contribution in [0, 0.1) is 0 Å². The molecule has 0 radical (unpaired) electrons. The average molecular weight is 341 g/mol. The second-order valence-corrected chi connectivity index (χ2v) is 7.00. The van der Waals surface area contributed by atoms with Crippen molar-refractivity contribution >= 4 is 22.2 Å². The molecule has 0 unspecified atom stereocenters. The van der Waals surface area contributed by atoms with Gasteiger partial charge in [-0.1, -0.05) is 11.3 Å². The molecule has 0 bridgehead atoms. The highest BCUT2D eigenvalue weighted by atomic mass is 32.1. The lowest BCUT2D eigenvalue weighted by atomic mass is 10.1. The summed E-state index contributed by atoms with van der Waals surface area (Å²) in [5.74, 6) is 0.895. The number of benzene rings is 1. The van der Waals surface area contributed by atoms with Crippen molar-refractivity contribution in [2.45, 2.75) is 19.3 Å². The van der Waals surface area contributed by atoms with Crippen LogP contribution in [0.4, 0.5) is 0 Å². The summed E-state index contributed by atoms with van der Waals surface area (Å²) in [7, 11) is 1.66. The second-order valence-electron chi connectivity index (χ2n) is 5.99. The zero-order chi connectivity index (χ0) is 16.5. The molecule has 6 heteroatoms. The lowest BCUT2D eigenvalue weighted by Crippen LogP contribution is -2.35. The summed E-state index contributed by atoms with van der Waals surface area (Å²) >= 11 is 1.59. The van der Waals surface area contributed by atoms with Gasteiger partial charge in [-0.3, -0.25) is 9.20 Å². The van der Waals surface area contributed by atoms with E-state index in [2.05, 4.69) is 4.98 Å². The number of hydrogen-bond donors (Lipinski definition) is 0. The second kappa shape index (κ2) is 6.28. The Bertz CT molecular complexity index is 829. The van der Waals surface area contributed by atoms with Crippen LogP contribution in [0.5, 0.6) is 5.75 Å². The maximum absolute atomic E-state index is 12.5. The van der Waals surface area contributed by atoms with E-state index < -0.39 is 0 Å². The summed E-state index contributed by atoms with van der Waals surface area (Å²) in [4.78, 5) is 21.0. The lowest BCUT2D eigenvalue weighted by molar-refractivity contribution is 0.0719. The molecule has 5 nitrogen and oxygen atoms in total. The van der Waals surface area contributed by atoms with Gasteiger partial charge in [0.1, 0.15) is 11.4 Å². The Balaban J connectivity index is 1.58. The Morgan fingerprint density at radius 1 is 1.12 bits per heavy atom. The molecule has 1 saturated heterocycles. The summed E-state index contributed by atoms with van der Waals surface area (Å²) in [6.07, 6.45) is 7.27. The third-order valence-corrected chi connectivity index (χ3v) is 5.44. The maximum Gasteiger partial charge on any atom is 0.274 e. The Morgan fingerprint density at radius 2 is 1.88 bits per heavy atom. The third-order valence-electron chi connectivity index (χ3n) is 4.39. The Kier molecular flexibility index (Phi) is 3.98. The van der Waals surface area contributed by atoms with E-state index in [4.69, 9.17) is 4.74 Å². The van der Waals surface area contributed by atoms with Crippen LogP contribution >= 0.6 is 11.3 Å². The van der Waals surface area contributed by atoms with Gasteiger partial charge in [0.25, 0.3) is 5.91 Å². The molecule has 0 spiro atoms. The van der Waals surface area contributed by atoms with Crippen LogP contribution < -0.4 is 4.74 Å². The zero-order valence-electron chi connectivity index (χ0n) is 13.6. The number of hydrogen-bond acceptors (Lipinski definition) is 4. The fraction of sp³-hybridized carbons (Fsp3) is 0.333. The number of amides is 1. The Morgan fingerprint density at radius 3 is 2.54 bits per heavy atom. The van der Waals surface area contributed by atoms with Gasteiger partial charge in [-0.15, -0.1) is 0 Å². The molecule has 0 atom stereocenters. The van der Waals surface area contributed by atoms with Crippen molar-refractivity contribution in [3.8, 4) is 16.2 Å². The number of fused-ring (bicyclic) bond motifs is 1. The summed E-state index contributed by atoms with van der Waals surface area (Å²) in [5.41, 5.74) is 1.67. The fourth-order valence-electron chi connectivity index (χ4n) is 3.05. The van der Waals surface area contributed by atoms with Gasteiger partial charge in [-0.05, 0) is 49.1 Å². The number of nitrogens with zero attached hydrogens (tertiary/aromatic N) is 3. The number of imidazole rings is 1. The van der Waals surface area contributed by atoms with Crippen molar-refractivity contribution in [1.82, 2.24) is 14.3 Å². The van der Waals surface area contributed by atoms with E-state index >= 15 is 0 Å². The van der Waals surface area contributed by atoms with Gasteiger partial charge < -0.3 is 9.64 Å². The van der Waals surface area contributed by atoms with Crippen molar-refractivity contribution < 1.29 is 9.53 Å². The largest absolute Gasteiger partial charge is 0.497 e. The van der Waals surface area contributed by atoms with Gasteiger partial charge in [0.15, 0.2) is 4.96 Å². The van der Waals surface area contributed by atoms with E-state index in [0.717, 1.165) is 47.1 Å². The molecule has 1 aromatic carbocycles. The number of rotatable bonds is 3. The minimum atomic E-state index is 0.0524. The molecule has 1 aliphatic heterocycles. The molecule has 124 valence electrons. The van der Waals surface area contributed by atoms with Gasteiger partial charge >= 0.3 is 0 Å². The monoisotopic (exact) mass is 341 g/mol. The number of thiazole rings is 1. The first kappa shape index (κ1) is 15.2. The van der Waals surface area contributed by atoms with E-state index in [-0.39, 0.29) is 5.91 Å². The zero-order valence-corrected chi connectivity index (χ0v) is 14.4. The molecular weight excluding hydrogens is 322 g/mol. The van der Waals surface area contributed by atoms with Crippen LogP contribution in [0.25, 0.3) is 15.4 Å². The predicted octanol–water partition coefficient (Wildman–Crippen LogP) is 3.70. The average Bonchev–Trinajstić information content (AvgIpc) is 3.21. The SMILES string of the molecule is COc1ccc(-c2cn3cc(C(=O)N4CCCCC4)nc3s2)cc1. The first-order valence-electron chi connectivity index (χ1n) is 8.17. The number of ether oxygens (including phenoxy) is 1. The molecule has 0 aliphatic carbocycles. The quantitative estimate of drug-likeness (QED) is 0.730. The van der Waals surface area contributed by atoms with Crippen LogP contribution in [-0.2, 0) is 0 Å². The number of carbonyl (C=O) groups excluding carboxylic acids is 1. The number of carbonyl (C=O) groups is 1. The molecule has 0 saturated carbocycles. The van der Waals surface area contributed by atoms with Gasteiger partial charge in [0.2, 0.25) is 0 Å². The highest BCUT2D eigenvalue weighted by Crippen LogP contribution is 2.30. The summed E-state index contributed by atoms with van der Waals surface area (Å²) < 4.78 is 7.14. The molecule has 4 rings (SSSR count). The van der Waals surface area contributed by atoms with E-state index in [1.54, 1.807) is 18.4 Å². The molecule has 2 aromatic heterocycles. The van der Waals surface area contributed by atoms with E-state index in [0.29, 0.717) is 5.69 Å².